The second kappa shape index (κ2) is 6.35. The van der Waals surface area contributed by atoms with Crippen molar-refractivity contribution in [2.75, 3.05) is 6.54 Å². The fourth-order valence-corrected chi connectivity index (χ4v) is 2.11. The summed E-state index contributed by atoms with van der Waals surface area (Å²) in [5.74, 6) is -1.35. The van der Waals surface area contributed by atoms with Crippen molar-refractivity contribution in [3.8, 4) is 0 Å². The van der Waals surface area contributed by atoms with Gasteiger partial charge in [0.1, 0.15) is 11.4 Å². The quantitative estimate of drug-likeness (QED) is 0.865. The van der Waals surface area contributed by atoms with Crippen LogP contribution in [-0.4, -0.2) is 18.1 Å². The van der Waals surface area contributed by atoms with Crippen LogP contribution >= 0.6 is 11.6 Å². The molecule has 0 aromatic heterocycles. The Morgan fingerprint density at radius 2 is 2.11 bits per heavy atom. The SMILES string of the molecule is CC(C)(C)OC(=O)CC(CN)c1c(F)cccc1Cl. The van der Waals surface area contributed by atoms with E-state index < -0.39 is 23.3 Å². The van der Waals surface area contributed by atoms with Crippen LogP contribution in [0.3, 0.4) is 0 Å². The summed E-state index contributed by atoms with van der Waals surface area (Å²) in [4.78, 5) is 11.8. The first-order chi connectivity index (χ1) is 8.74. The van der Waals surface area contributed by atoms with Crippen LogP contribution in [-0.2, 0) is 9.53 Å². The van der Waals surface area contributed by atoms with Gasteiger partial charge in [0.15, 0.2) is 0 Å². The molecule has 19 heavy (non-hydrogen) atoms. The minimum absolute atomic E-state index is 0.00836. The zero-order valence-electron chi connectivity index (χ0n) is 11.4. The second-order valence-corrected chi connectivity index (χ2v) is 5.77. The molecule has 0 saturated heterocycles. The molecule has 1 aromatic carbocycles. The van der Waals surface area contributed by atoms with Gasteiger partial charge >= 0.3 is 5.97 Å². The van der Waals surface area contributed by atoms with Gasteiger partial charge in [-0.25, -0.2) is 4.39 Å². The predicted octanol–water partition coefficient (Wildman–Crippen LogP) is 3.25. The lowest BCUT2D eigenvalue weighted by Crippen LogP contribution is -2.27. The van der Waals surface area contributed by atoms with Crippen LogP contribution in [0.4, 0.5) is 4.39 Å². The maximum Gasteiger partial charge on any atom is 0.306 e. The van der Waals surface area contributed by atoms with E-state index >= 15 is 0 Å². The molecule has 0 radical (unpaired) electrons. The van der Waals surface area contributed by atoms with Crippen molar-refractivity contribution < 1.29 is 13.9 Å². The maximum atomic E-state index is 13.8. The molecule has 1 rings (SSSR count). The third-order valence-corrected chi connectivity index (χ3v) is 2.86. The van der Waals surface area contributed by atoms with E-state index in [9.17, 15) is 9.18 Å². The largest absolute Gasteiger partial charge is 0.460 e. The third kappa shape index (κ3) is 4.80. The number of carbonyl (C=O) groups excluding carboxylic acids is 1. The third-order valence-electron chi connectivity index (χ3n) is 2.53. The molecule has 0 aliphatic heterocycles. The summed E-state index contributed by atoms with van der Waals surface area (Å²) in [6.45, 7) is 5.45. The number of esters is 1. The highest BCUT2D eigenvalue weighted by Crippen LogP contribution is 2.29. The van der Waals surface area contributed by atoms with Gasteiger partial charge in [0.25, 0.3) is 0 Å². The molecule has 0 fully saturated rings. The minimum Gasteiger partial charge on any atom is -0.460 e. The van der Waals surface area contributed by atoms with Crippen LogP contribution in [0.5, 0.6) is 0 Å². The molecular formula is C14H19ClFNO2. The van der Waals surface area contributed by atoms with Crippen molar-refractivity contribution in [3.63, 3.8) is 0 Å². The molecule has 1 atom stereocenters. The molecule has 0 spiro atoms. The Hall–Kier alpha value is -1.13. The fourth-order valence-electron chi connectivity index (χ4n) is 1.79. The number of carbonyl (C=O) groups is 1. The summed E-state index contributed by atoms with van der Waals surface area (Å²) in [6, 6.07) is 4.40. The van der Waals surface area contributed by atoms with E-state index in [0.29, 0.717) is 0 Å². The van der Waals surface area contributed by atoms with Gasteiger partial charge in [-0.2, -0.15) is 0 Å². The molecular weight excluding hydrogens is 269 g/mol. The topological polar surface area (TPSA) is 52.3 Å². The van der Waals surface area contributed by atoms with Crippen molar-refractivity contribution in [1.82, 2.24) is 0 Å². The molecule has 0 aliphatic carbocycles. The molecule has 0 amide bonds. The first-order valence-corrected chi connectivity index (χ1v) is 6.48. The van der Waals surface area contributed by atoms with Crippen LogP contribution in [0.1, 0.15) is 38.7 Å². The van der Waals surface area contributed by atoms with Crippen molar-refractivity contribution in [3.05, 3.63) is 34.6 Å². The highest BCUT2D eigenvalue weighted by Gasteiger charge is 2.24. The van der Waals surface area contributed by atoms with Gasteiger partial charge in [-0.3, -0.25) is 4.79 Å². The average Bonchev–Trinajstić information content (AvgIpc) is 2.24. The van der Waals surface area contributed by atoms with Gasteiger partial charge in [0.05, 0.1) is 6.42 Å². The van der Waals surface area contributed by atoms with E-state index in [1.165, 1.54) is 12.1 Å². The van der Waals surface area contributed by atoms with Gasteiger partial charge in [0, 0.05) is 16.5 Å². The van der Waals surface area contributed by atoms with E-state index in [-0.39, 0.29) is 23.6 Å². The first kappa shape index (κ1) is 15.9. The zero-order chi connectivity index (χ0) is 14.6. The van der Waals surface area contributed by atoms with E-state index in [2.05, 4.69) is 0 Å². The Bertz CT molecular complexity index is 437. The van der Waals surface area contributed by atoms with Gasteiger partial charge in [-0.05, 0) is 39.4 Å². The molecule has 0 heterocycles. The Morgan fingerprint density at radius 3 is 2.58 bits per heavy atom. The first-order valence-electron chi connectivity index (χ1n) is 6.10. The molecule has 5 heteroatoms. The van der Waals surface area contributed by atoms with Crippen LogP contribution < -0.4 is 5.73 Å². The second-order valence-electron chi connectivity index (χ2n) is 5.36. The van der Waals surface area contributed by atoms with Crippen molar-refractivity contribution in [2.45, 2.75) is 38.7 Å². The number of ether oxygens (including phenoxy) is 1. The molecule has 106 valence electrons. The van der Waals surface area contributed by atoms with Crippen LogP contribution in [0.2, 0.25) is 5.02 Å². The van der Waals surface area contributed by atoms with Crippen molar-refractivity contribution in [1.29, 1.82) is 0 Å². The summed E-state index contributed by atoms with van der Waals surface area (Å²) >= 11 is 5.97. The zero-order valence-corrected chi connectivity index (χ0v) is 12.1. The van der Waals surface area contributed by atoms with Gasteiger partial charge in [0.2, 0.25) is 0 Å². The number of hydrogen-bond acceptors (Lipinski definition) is 3. The number of benzene rings is 1. The lowest BCUT2D eigenvalue weighted by atomic mass is 9.95. The maximum absolute atomic E-state index is 13.8. The lowest BCUT2D eigenvalue weighted by Gasteiger charge is -2.22. The van der Waals surface area contributed by atoms with Crippen LogP contribution in [0.25, 0.3) is 0 Å². The monoisotopic (exact) mass is 287 g/mol. The molecule has 0 bridgehead atoms. The number of hydrogen-bond donors (Lipinski definition) is 1. The molecule has 0 aliphatic rings. The Kier molecular flexibility index (Phi) is 5.32. The van der Waals surface area contributed by atoms with Crippen molar-refractivity contribution >= 4 is 17.6 Å². The average molecular weight is 288 g/mol. The fraction of sp³-hybridized carbons (Fsp3) is 0.500. The van der Waals surface area contributed by atoms with Crippen molar-refractivity contribution in [2.24, 2.45) is 5.73 Å². The Morgan fingerprint density at radius 1 is 1.47 bits per heavy atom. The highest BCUT2D eigenvalue weighted by molar-refractivity contribution is 6.31. The molecule has 2 N–H and O–H groups in total. The normalized spacial score (nSPS) is 13.2. The van der Waals surface area contributed by atoms with E-state index in [4.69, 9.17) is 22.1 Å². The van der Waals surface area contributed by atoms with E-state index in [1.807, 2.05) is 0 Å². The molecule has 3 nitrogen and oxygen atoms in total. The summed E-state index contributed by atoms with van der Waals surface area (Å²) in [5, 5.41) is 0.277. The molecule has 0 saturated carbocycles. The Balaban J connectivity index is 2.87. The highest BCUT2D eigenvalue weighted by atomic mass is 35.5. The van der Waals surface area contributed by atoms with E-state index in [0.717, 1.165) is 0 Å². The summed E-state index contributed by atoms with van der Waals surface area (Å²) < 4.78 is 19.0. The van der Waals surface area contributed by atoms with Gasteiger partial charge in [-0.15, -0.1) is 0 Å². The van der Waals surface area contributed by atoms with Crippen LogP contribution in [0.15, 0.2) is 18.2 Å². The summed E-state index contributed by atoms with van der Waals surface area (Å²) in [6.07, 6.45) is 0.00836. The van der Waals surface area contributed by atoms with E-state index in [1.54, 1.807) is 26.8 Å². The summed E-state index contributed by atoms with van der Waals surface area (Å²) in [5.41, 5.74) is 5.32. The van der Waals surface area contributed by atoms with Crippen LogP contribution in [0, 0.1) is 5.82 Å². The summed E-state index contributed by atoms with van der Waals surface area (Å²) in [7, 11) is 0. The standard InChI is InChI=1S/C14H19ClFNO2/c1-14(2,3)19-12(18)7-9(8-17)13-10(15)5-4-6-11(13)16/h4-6,9H,7-8,17H2,1-3H3. The minimum atomic E-state index is -0.574. The molecule has 1 unspecified atom stereocenters. The number of nitrogens with two attached hydrogens (primary N) is 1. The lowest BCUT2D eigenvalue weighted by molar-refractivity contribution is -0.155. The smallest absolute Gasteiger partial charge is 0.306 e. The number of halogens is 2. The predicted molar refractivity (Wildman–Crippen MR) is 73.7 cm³/mol. The number of rotatable bonds is 4. The van der Waals surface area contributed by atoms with Gasteiger partial charge < -0.3 is 10.5 Å². The Labute approximate surface area is 117 Å². The van der Waals surface area contributed by atoms with Gasteiger partial charge in [-0.1, -0.05) is 17.7 Å². The molecule has 1 aromatic rings.